The third-order valence-electron chi connectivity index (χ3n) is 5.19. The second-order valence-electron chi connectivity index (χ2n) is 7.70. The average molecular weight is 416 g/mol. The van der Waals surface area contributed by atoms with Crippen LogP contribution in [0.5, 0.6) is 0 Å². The Morgan fingerprint density at radius 3 is 2.17 bits per heavy atom. The Balaban J connectivity index is 1.50. The molecule has 0 saturated carbocycles. The standard InChI is InChI=1S/C22H29N3O3S/c1-18(2)29(27,28)17-22(26)23-20-8-10-21(11-9-20)25-14-12-24(13-15-25)16-19-6-4-3-5-7-19/h3-11,18H,12-17H2,1-2H3,(H,23,26). The van der Waals surface area contributed by atoms with Crippen molar-refractivity contribution >= 4 is 27.1 Å². The van der Waals surface area contributed by atoms with Gasteiger partial charge in [-0.15, -0.1) is 0 Å². The number of sulfone groups is 1. The lowest BCUT2D eigenvalue weighted by Crippen LogP contribution is -2.45. The van der Waals surface area contributed by atoms with Crippen molar-refractivity contribution < 1.29 is 13.2 Å². The first-order valence-electron chi connectivity index (χ1n) is 9.96. The van der Waals surface area contributed by atoms with Gasteiger partial charge in [-0.2, -0.15) is 0 Å². The molecule has 1 aliphatic rings. The van der Waals surface area contributed by atoms with Crippen molar-refractivity contribution in [1.29, 1.82) is 0 Å². The number of carbonyl (C=O) groups excluding carboxylic acids is 1. The Morgan fingerprint density at radius 2 is 1.59 bits per heavy atom. The molecule has 7 heteroatoms. The maximum absolute atomic E-state index is 12.0. The fraction of sp³-hybridized carbons (Fsp3) is 0.409. The summed E-state index contributed by atoms with van der Waals surface area (Å²) in [6.45, 7) is 8.03. The Kier molecular flexibility index (Phi) is 6.92. The van der Waals surface area contributed by atoms with E-state index in [-0.39, 0.29) is 0 Å². The van der Waals surface area contributed by atoms with Crippen LogP contribution in [0, 0.1) is 0 Å². The molecule has 0 radical (unpaired) electrons. The van der Waals surface area contributed by atoms with E-state index in [1.807, 2.05) is 30.3 Å². The summed E-state index contributed by atoms with van der Waals surface area (Å²) in [5.74, 6) is -0.989. The number of anilines is 2. The van der Waals surface area contributed by atoms with Crippen LogP contribution in [0.3, 0.4) is 0 Å². The average Bonchev–Trinajstić information content (AvgIpc) is 2.69. The van der Waals surface area contributed by atoms with Crippen molar-refractivity contribution in [2.75, 3.05) is 42.1 Å². The van der Waals surface area contributed by atoms with Crippen LogP contribution >= 0.6 is 0 Å². The van der Waals surface area contributed by atoms with Crippen molar-refractivity contribution in [3.63, 3.8) is 0 Å². The summed E-state index contributed by atoms with van der Waals surface area (Å²) in [6, 6.07) is 18.1. The molecule has 0 aromatic heterocycles. The van der Waals surface area contributed by atoms with Gasteiger partial charge in [0, 0.05) is 44.1 Å². The summed E-state index contributed by atoms with van der Waals surface area (Å²) < 4.78 is 23.7. The predicted molar refractivity (Wildman–Crippen MR) is 118 cm³/mol. The maximum atomic E-state index is 12.0. The van der Waals surface area contributed by atoms with Crippen LogP contribution in [0.4, 0.5) is 11.4 Å². The van der Waals surface area contributed by atoms with Crippen molar-refractivity contribution in [2.45, 2.75) is 25.6 Å². The number of benzene rings is 2. The lowest BCUT2D eigenvalue weighted by molar-refractivity contribution is -0.113. The highest BCUT2D eigenvalue weighted by Gasteiger charge is 2.21. The molecule has 0 bridgehead atoms. The predicted octanol–water partition coefficient (Wildman–Crippen LogP) is 2.77. The molecule has 1 amide bonds. The molecule has 2 aromatic rings. The van der Waals surface area contributed by atoms with Gasteiger partial charge in [0.05, 0.1) is 5.25 Å². The first-order valence-corrected chi connectivity index (χ1v) is 11.7. The minimum atomic E-state index is -3.40. The Morgan fingerprint density at radius 1 is 0.966 bits per heavy atom. The quantitative estimate of drug-likeness (QED) is 0.753. The molecule has 0 unspecified atom stereocenters. The summed E-state index contributed by atoms with van der Waals surface area (Å²) >= 11 is 0. The number of amides is 1. The summed E-state index contributed by atoms with van der Waals surface area (Å²) in [7, 11) is -3.40. The highest BCUT2D eigenvalue weighted by molar-refractivity contribution is 7.92. The molecular weight excluding hydrogens is 386 g/mol. The second kappa shape index (κ2) is 9.41. The van der Waals surface area contributed by atoms with E-state index >= 15 is 0 Å². The van der Waals surface area contributed by atoms with Gasteiger partial charge in [0.15, 0.2) is 9.84 Å². The normalized spacial score (nSPS) is 15.5. The number of nitrogens with zero attached hydrogens (tertiary/aromatic N) is 2. The lowest BCUT2D eigenvalue weighted by Gasteiger charge is -2.36. The van der Waals surface area contributed by atoms with Crippen molar-refractivity contribution in [1.82, 2.24) is 4.90 Å². The van der Waals surface area contributed by atoms with Crippen LogP contribution in [0.2, 0.25) is 0 Å². The van der Waals surface area contributed by atoms with Gasteiger partial charge in [-0.25, -0.2) is 8.42 Å². The summed E-state index contributed by atoms with van der Waals surface area (Å²) in [5.41, 5.74) is 3.05. The van der Waals surface area contributed by atoms with Gasteiger partial charge in [0.2, 0.25) is 5.91 Å². The van der Waals surface area contributed by atoms with Gasteiger partial charge in [0.25, 0.3) is 0 Å². The molecule has 29 heavy (non-hydrogen) atoms. The van der Waals surface area contributed by atoms with Gasteiger partial charge in [0.1, 0.15) is 5.75 Å². The van der Waals surface area contributed by atoms with E-state index in [0.717, 1.165) is 38.4 Å². The van der Waals surface area contributed by atoms with Gasteiger partial charge >= 0.3 is 0 Å². The van der Waals surface area contributed by atoms with E-state index in [1.165, 1.54) is 5.56 Å². The number of rotatable bonds is 7. The fourth-order valence-corrected chi connectivity index (χ4v) is 4.08. The Hall–Kier alpha value is -2.38. The first kappa shape index (κ1) is 21.3. The van der Waals surface area contributed by atoms with Crippen LogP contribution in [0.1, 0.15) is 19.4 Å². The molecular formula is C22H29N3O3S. The Bertz CT molecular complexity index is 904. The minimum absolute atomic E-state index is 0.490. The molecule has 1 saturated heterocycles. The summed E-state index contributed by atoms with van der Waals surface area (Å²) in [4.78, 5) is 16.8. The molecule has 6 nitrogen and oxygen atoms in total. The molecule has 3 rings (SSSR count). The molecule has 1 fully saturated rings. The highest BCUT2D eigenvalue weighted by atomic mass is 32.2. The van der Waals surface area contributed by atoms with Crippen molar-refractivity contribution in [2.24, 2.45) is 0 Å². The van der Waals surface area contributed by atoms with Gasteiger partial charge in [-0.1, -0.05) is 30.3 Å². The molecule has 1 heterocycles. The summed E-state index contributed by atoms with van der Waals surface area (Å²) in [5, 5.41) is 2.11. The first-order chi connectivity index (χ1) is 13.8. The maximum Gasteiger partial charge on any atom is 0.239 e. The topological polar surface area (TPSA) is 69.7 Å². The largest absolute Gasteiger partial charge is 0.369 e. The Labute approximate surface area is 173 Å². The number of nitrogens with one attached hydrogen (secondary N) is 1. The second-order valence-corrected chi connectivity index (χ2v) is 10.3. The van der Waals surface area contributed by atoms with Crippen molar-refractivity contribution in [3.8, 4) is 0 Å². The third-order valence-corrected chi connectivity index (χ3v) is 7.29. The van der Waals surface area contributed by atoms with Crippen LogP contribution in [0.15, 0.2) is 54.6 Å². The van der Waals surface area contributed by atoms with E-state index in [2.05, 4.69) is 39.4 Å². The monoisotopic (exact) mass is 415 g/mol. The number of hydrogen-bond donors (Lipinski definition) is 1. The van der Waals surface area contributed by atoms with Gasteiger partial charge in [-0.05, 0) is 43.7 Å². The summed E-state index contributed by atoms with van der Waals surface area (Å²) in [6.07, 6.45) is 0. The molecule has 1 aliphatic heterocycles. The van der Waals surface area contributed by atoms with E-state index in [1.54, 1.807) is 13.8 Å². The minimum Gasteiger partial charge on any atom is -0.369 e. The zero-order chi connectivity index (χ0) is 20.9. The van der Waals surface area contributed by atoms with E-state index in [9.17, 15) is 13.2 Å². The van der Waals surface area contributed by atoms with Crippen molar-refractivity contribution in [3.05, 3.63) is 60.2 Å². The fourth-order valence-electron chi connectivity index (χ4n) is 3.31. The van der Waals surface area contributed by atoms with Gasteiger partial charge in [-0.3, -0.25) is 9.69 Å². The number of piperazine rings is 1. The zero-order valence-corrected chi connectivity index (χ0v) is 17.9. The zero-order valence-electron chi connectivity index (χ0n) is 17.0. The molecule has 0 atom stereocenters. The molecule has 0 spiro atoms. The van der Waals surface area contributed by atoms with E-state index < -0.39 is 26.7 Å². The smallest absolute Gasteiger partial charge is 0.239 e. The molecule has 0 aliphatic carbocycles. The molecule has 156 valence electrons. The van der Waals surface area contributed by atoms with Crippen LogP contribution in [0.25, 0.3) is 0 Å². The SMILES string of the molecule is CC(C)S(=O)(=O)CC(=O)Nc1ccc(N2CCN(Cc3ccccc3)CC2)cc1. The lowest BCUT2D eigenvalue weighted by atomic mass is 10.2. The van der Waals surface area contributed by atoms with E-state index in [0.29, 0.717) is 5.69 Å². The van der Waals surface area contributed by atoms with E-state index in [4.69, 9.17) is 0 Å². The third kappa shape index (κ3) is 6.05. The van der Waals surface area contributed by atoms with Gasteiger partial charge < -0.3 is 10.2 Å². The van der Waals surface area contributed by atoms with Crippen LogP contribution in [-0.2, 0) is 21.2 Å². The van der Waals surface area contributed by atoms with Crippen LogP contribution in [-0.4, -0.2) is 56.4 Å². The van der Waals surface area contributed by atoms with Crippen LogP contribution < -0.4 is 10.2 Å². The number of hydrogen-bond acceptors (Lipinski definition) is 5. The molecule has 1 N–H and O–H groups in total. The highest BCUT2D eigenvalue weighted by Crippen LogP contribution is 2.20. The molecule has 2 aromatic carbocycles. The number of carbonyl (C=O) groups is 1.